The van der Waals surface area contributed by atoms with Gasteiger partial charge >= 0.3 is 0 Å². The zero-order valence-electron chi connectivity index (χ0n) is 12.3. The molecule has 1 aromatic carbocycles. The lowest BCUT2D eigenvalue weighted by Crippen LogP contribution is -2.03. The normalized spacial score (nSPS) is 11.2. The van der Waals surface area contributed by atoms with Gasteiger partial charge in [0.2, 0.25) is 0 Å². The van der Waals surface area contributed by atoms with E-state index < -0.39 is 0 Å². The molecule has 0 unspecified atom stereocenters. The Hall–Kier alpha value is -2.73. The summed E-state index contributed by atoms with van der Waals surface area (Å²) in [5, 5.41) is 8.32. The number of benzene rings is 1. The Morgan fingerprint density at radius 1 is 1.13 bits per heavy atom. The summed E-state index contributed by atoms with van der Waals surface area (Å²) in [6.45, 7) is 2.45. The predicted octanol–water partition coefficient (Wildman–Crippen LogP) is 3.49. The maximum Gasteiger partial charge on any atom is 0.173 e. The largest absolute Gasteiger partial charge is 0.318 e. The maximum absolute atomic E-state index is 5.86. The molecule has 0 radical (unpaired) electrons. The number of nitrogens with zero attached hydrogens (tertiary/aromatic N) is 5. The monoisotopic (exact) mass is 325 g/mol. The molecule has 3 aromatic heterocycles. The van der Waals surface area contributed by atoms with Gasteiger partial charge in [0.1, 0.15) is 10.8 Å². The highest BCUT2D eigenvalue weighted by molar-refractivity contribution is 6.29. The van der Waals surface area contributed by atoms with Crippen LogP contribution in [0.15, 0.2) is 47.2 Å². The van der Waals surface area contributed by atoms with Gasteiger partial charge in [-0.15, -0.1) is 0 Å². The highest BCUT2D eigenvalue weighted by Crippen LogP contribution is 2.26. The van der Waals surface area contributed by atoms with E-state index in [9.17, 15) is 0 Å². The van der Waals surface area contributed by atoms with E-state index in [2.05, 4.69) is 24.8 Å². The number of para-hydroxylation sites is 2. The van der Waals surface area contributed by atoms with Gasteiger partial charge in [-0.05, 0) is 35.8 Å². The first-order chi connectivity index (χ1) is 11.2. The molecule has 3 heterocycles. The molecule has 0 amide bonds. The van der Waals surface area contributed by atoms with Gasteiger partial charge in [0.25, 0.3) is 0 Å². The Labute approximate surface area is 136 Å². The second-order valence-electron chi connectivity index (χ2n) is 5.20. The lowest BCUT2D eigenvalue weighted by molar-refractivity contribution is 0.305. The second-order valence-corrected chi connectivity index (χ2v) is 5.58. The molecule has 7 heteroatoms. The van der Waals surface area contributed by atoms with Gasteiger partial charge in [-0.3, -0.25) is 0 Å². The zero-order chi connectivity index (χ0) is 15.8. The lowest BCUT2D eigenvalue weighted by atomic mass is 10.2. The topological polar surface area (TPSA) is 69.6 Å². The lowest BCUT2D eigenvalue weighted by Gasteiger charge is -2.08. The van der Waals surface area contributed by atoms with E-state index >= 15 is 0 Å². The van der Waals surface area contributed by atoms with Gasteiger partial charge in [0.05, 0.1) is 17.6 Å². The fourth-order valence-electron chi connectivity index (χ4n) is 2.53. The Morgan fingerprint density at radius 3 is 2.74 bits per heavy atom. The van der Waals surface area contributed by atoms with E-state index in [1.807, 2.05) is 37.3 Å². The average Bonchev–Trinajstić information content (AvgIpc) is 3.13. The summed E-state index contributed by atoms with van der Waals surface area (Å²) in [5.74, 6) is 0.722. The molecule has 0 aliphatic heterocycles. The van der Waals surface area contributed by atoms with Crippen LogP contribution in [0.1, 0.15) is 11.3 Å². The van der Waals surface area contributed by atoms with Crippen molar-refractivity contribution in [2.45, 2.75) is 13.5 Å². The SMILES string of the molecule is Cc1nonc1-c1nc2ccccc2n1Cc1ccc(Cl)nc1. The molecule has 0 spiro atoms. The minimum atomic E-state index is 0.473. The number of aryl methyl sites for hydroxylation is 1. The van der Waals surface area contributed by atoms with Gasteiger partial charge in [0, 0.05) is 6.20 Å². The van der Waals surface area contributed by atoms with Crippen molar-refractivity contribution in [3.63, 3.8) is 0 Å². The highest BCUT2D eigenvalue weighted by atomic mass is 35.5. The molecular weight excluding hydrogens is 314 g/mol. The smallest absolute Gasteiger partial charge is 0.173 e. The Balaban J connectivity index is 1.89. The molecule has 4 rings (SSSR count). The highest BCUT2D eigenvalue weighted by Gasteiger charge is 2.18. The number of hydrogen-bond donors (Lipinski definition) is 0. The van der Waals surface area contributed by atoms with Crippen molar-refractivity contribution in [2.75, 3.05) is 0 Å². The second kappa shape index (κ2) is 5.48. The molecule has 0 fully saturated rings. The number of hydrogen-bond acceptors (Lipinski definition) is 5. The van der Waals surface area contributed by atoms with Crippen LogP contribution in [0.4, 0.5) is 0 Å². The molecule has 0 saturated heterocycles. The van der Waals surface area contributed by atoms with E-state index in [0.717, 1.165) is 22.4 Å². The Morgan fingerprint density at radius 2 is 2.00 bits per heavy atom. The fourth-order valence-corrected chi connectivity index (χ4v) is 2.65. The van der Waals surface area contributed by atoms with Crippen LogP contribution in [0.2, 0.25) is 5.15 Å². The van der Waals surface area contributed by atoms with Crippen LogP contribution >= 0.6 is 11.6 Å². The maximum atomic E-state index is 5.86. The molecule has 0 aliphatic carbocycles. The number of rotatable bonds is 3. The molecular formula is C16H12ClN5O. The van der Waals surface area contributed by atoms with E-state index in [4.69, 9.17) is 16.2 Å². The number of imidazole rings is 1. The van der Waals surface area contributed by atoms with Crippen LogP contribution in [0.5, 0.6) is 0 Å². The summed E-state index contributed by atoms with van der Waals surface area (Å²) in [6.07, 6.45) is 1.76. The van der Waals surface area contributed by atoms with E-state index in [-0.39, 0.29) is 0 Å². The summed E-state index contributed by atoms with van der Waals surface area (Å²) in [4.78, 5) is 8.82. The van der Waals surface area contributed by atoms with Crippen LogP contribution in [-0.4, -0.2) is 24.8 Å². The minimum absolute atomic E-state index is 0.473. The summed E-state index contributed by atoms with van der Waals surface area (Å²) in [6, 6.07) is 11.7. The molecule has 4 aromatic rings. The zero-order valence-corrected chi connectivity index (χ0v) is 13.0. The van der Waals surface area contributed by atoms with Crippen molar-refractivity contribution in [3.05, 3.63) is 59.0 Å². The molecule has 6 nitrogen and oxygen atoms in total. The Bertz CT molecular complexity index is 974. The molecule has 0 bridgehead atoms. The standard InChI is InChI=1S/C16H12ClN5O/c1-10-15(21-23-20-10)16-19-12-4-2-3-5-13(12)22(16)9-11-6-7-14(17)18-8-11/h2-8H,9H2,1H3. The first-order valence-corrected chi connectivity index (χ1v) is 7.45. The third-order valence-electron chi connectivity index (χ3n) is 3.65. The average molecular weight is 326 g/mol. The van der Waals surface area contributed by atoms with E-state index in [1.54, 1.807) is 12.3 Å². The van der Waals surface area contributed by atoms with Gasteiger partial charge < -0.3 is 4.57 Å². The van der Waals surface area contributed by atoms with Crippen molar-refractivity contribution >= 4 is 22.6 Å². The Kier molecular flexibility index (Phi) is 3.31. The number of fused-ring (bicyclic) bond motifs is 1. The number of pyridine rings is 1. The van der Waals surface area contributed by atoms with Gasteiger partial charge in [-0.2, -0.15) is 0 Å². The molecule has 114 valence electrons. The van der Waals surface area contributed by atoms with Gasteiger partial charge in [-0.1, -0.05) is 35.0 Å². The molecule has 0 aliphatic rings. The van der Waals surface area contributed by atoms with Crippen LogP contribution in [-0.2, 0) is 6.54 Å². The summed E-state index contributed by atoms with van der Waals surface area (Å²) in [5.41, 5.74) is 4.28. The fraction of sp³-hybridized carbons (Fsp3) is 0.125. The molecule has 23 heavy (non-hydrogen) atoms. The third kappa shape index (κ3) is 2.47. The minimum Gasteiger partial charge on any atom is -0.318 e. The summed E-state index contributed by atoms with van der Waals surface area (Å²) >= 11 is 5.86. The van der Waals surface area contributed by atoms with Crippen molar-refractivity contribution < 1.29 is 4.63 Å². The number of aromatic nitrogens is 5. The first-order valence-electron chi connectivity index (χ1n) is 7.07. The first kappa shape index (κ1) is 13.9. The van der Waals surface area contributed by atoms with Crippen LogP contribution in [0.3, 0.4) is 0 Å². The molecule has 0 saturated carbocycles. The van der Waals surface area contributed by atoms with Crippen molar-refractivity contribution in [1.82, 2.24) is 24.8 Å². The van der Waals surface area contributed by atoms with Crippen molar-refractivity contribution in [2.24, 2.45) is 0 Å². The predicted molar refractivity (Wildman–Crippen MR) is 86.1 cm³/mol. The van der Waals surface area contributed by atoms with Crippen LogP contribution < -0.4 is 0 Å². The third-order valence-corrected chi connectivity index (χ3v) is 3.87. The summed E-state index contributed by atoms with van der Waals surface area (Å²) < 4.78 is 6.91. The summed E-state index contributed by atoms with van der Waals surface area (Å²) in [7, 11) is 0. The van der Waals surface area contributed by atoms with Gasteiger partial charge in [0.15, 0.2) is 11.5 Å². The molecule has 0 N–H and O–H groups in total. The van der Waals surface area contributed by atoms with Crippen molar-refractivity contribution in [1.29, 1.82) is 0 Å². The van der Waals surface area contributed by atoms with Crippen molar-refractivity contribution in [3.8, 4) is 11.5 Å². The van der Waals surface area contributed by atoms with E-state index in [0.29, 0.717) is 23.1 Å². The van der Waals surface area contributed by atoms with E-state index in [1.165, 1.54) is 0 Å². The van der Waals surface area contributed by atoms with Gasteiger partial charge in [-0.25, -0.2) is 14.6 Å². The number of halogens is 1. The molecule has 0 atom stereocenters. The quantitative estimate of drug-likeness (QED) is 0.539. The van der Waals surface area contributed by atoms with Crippen LogP contribution in [0.25, 0.3) is 22.6 Å². The van der Waals surface area contributed by atoms with Crippen LogP contribution in [0, 0.1) is 6.92 Å².